The molecule has 0 aromatic heterocycles. The Morgan fingerprint density at radius 1 is 1.11 bits per heavy atom. The lowest BCUT2D eigenvalue weighted by molar-refractivity contribution is 0.633. The third-order valence-electron chi connectivity index (χ3n) is 3.00. The maximum atomic E-state index is 6.23. The fourth-order valence-corrected chi connectivity index (χ4v) is 2.62. The van der Waals surface area contributed by atoms with Crippen molar-refractivity contribution in [3.63, 3.8) is 0 Å². The van der Waals surface area contributed by atoms with Crippen molar-refractivity contribution in [3.05, 3.63) is 68.7 Å². The number of nitrogens with two attached hydrogens (primary N) is 1. The van der Waals surface area contributed by atoms with Crippen LogP contribution in [0.25, 0.3) is 0 Å². The SMILES string of the molecule is Cc1c(Br)cccc1C(NN)c1ccccc1Cl. The zero-order valence-corrected chi connectivity index (χ0v) is 12.3. The molecule has 0 bridgehead atoms. The molecule has 2 nitrogen and oxygen atoms in total. The topological polar surface area (TPSA) is 38.0 Å². The van der Waals surface area contributed by atoms with Gasteiger partial charge in [-0.1, -0.05) is 57.9 Å². The van der Waals surface area contributed by atoms with E-state index in [1.807, 2.05) is 42.5 Å². The number of hydrogen-bond donors (Lipinski definition) is 2. The lowest BCUT2D eigenvalue weighted by Crippen LogP contribution is -2.29. The van der Waals surface area contributed by atoms with Crippen LogP contribution in [0.1, 0.15) is 22.7 Å². The fraction of sp³-hybridized carbons (Fsp3) is 0.143. The van der Waals surface area contributed by atoms with Crippen LogP contribution < -0.4 is 11.3 Å². The maximum absolute atomic E-state index is 6.23. The summed E-state index contributed by atoms with van der Waals surface area (Å²) in [5, 5.41) is 0.708. The molecule has 1 atom stereocenters. The highest BCUT2D eigenvalue weighted by molar-refractivity contribution is 9.10. The van der Waals surface area contributed by atoms with E-state index >= 15 is 0 Å². The normalized spacial score (nSPS) is 12.4. The molecule has 0 amide bonds. The summed E-state index contributed by atoms with van der Waals surface area (Å²) in [6.45, 7) is 2.06. The molecule has 18 heavy (non-hydrogen) atoms. The zero-order valence-electron chi connectivity index (χ0n) is 9.95. The van der Waals surface area contributed by atoms with Gasteiger partial charge in [-0.15, -0.1) is 0 Å². The summed E-state index contributed by atoms with van der Waals surface area (Å²) in [5.74, 6) is 5.70. The van der Waals surface area contributed by atoms with Crippen LogP contribution in [0.3, 0.4) is 0 Å². The highest BCUT2D eigenvalue weighted by Gasteiger charge is 2.17. The van der Waals surface area contributed by atoms with Gasteiger partial charge in [0.25, 0.3) is 0 Å². The molecule has 3 N–H and O–H groups in total. The van der Waals surface area contributed by atoms with Crippen molar-refractivity contribution in [1.29, 1.82) is 0 Å². The maximum Gasteiger partial charge on any atom is 0.0727 e. The van der Waals surface area contributed by atoms with E-state index in [1.165, 1.54) is 0 Å². The number of halogens is 2. The van der Waals surface area contributed by atoms with Crippen LogP contribution in [0.15, 0.2) is 46.9 Å². The van der Waals surface area contributed by atoms with Gasteiger partial charge < -0.3 is 0 Å². The Morgan fingerprint density at radius 3 is 2.44 bits per heavy atom. The minimum Gasteiger partial charge on any atom is -0.271 e. The van der Waals surface area contributed by atoms with Crippen LogP contribution in [0.5, 0.6) is 0 Å². The van der Waals surface area contributed by atoms with Crippen LogP contribution in [0.2, 0.25) is 5.02 Å². The predicted octanol–water partition coefficient (Wildman–Crippen LogP) is 3.96. The number of hydrazine groups is 1. The van der Waals surface area contributed by atoms with Gasteiger partial charge in [0.15, 0.2) is 0 Å². The highest BCUT2D eigenvalue weighted by Crippen LogP contribution is 2.31. The molecular weight excluding hydrogens is 312 g/mol. The molecule has 2 aromatic carbocycles. The molecule has 0 radical (unpaired) electrons. The van der Waals surface area contributed by atoms with Gasteiger partial charge in [0.05, 0.1) is 6.04 Å². The molecule has 0 heterocycles. The molecule has 1 unspecified atom stereocenters. The lowest BCUT2D eigenvalue weighted by atomic mass is 9.95. The van der Waals surface area contributed by atoms with Gasteiger partial charge in [0.2, 0.25) is 0 Å². The second-order valence-corrected chi connectivity index (χ2v) is 5.34. The summed E-state index contributed by atoms with van der Waals surface area (Å²) < 4.78 is 1.06. The van der Waals surface area contributed by atoms with Crippen LogP contribution in [0, 0.1) is 6.92 Å². The van der Waals surface area contributed by atoms with E-state index in [-0.39, 0.29) is 6.04 Å². The Morgan fingerprint density at radius 2 is 1.78 bits per heavy atom. The van der Waals surface area contributed by atoms with E-state index in [0.717, 1.165) is 21.2 Å². The fourth-order valence-electron chi connectivity index (χ4n) is 1.99. The van der Waals surface area contributed by atoms with Crippen molar-refractivity contribution >= 4 is 27.5 Å². The molecule has 2 aromatic rings. The van der Waals surface area contributed by atoms with Crippen LogP contribution in [0.4, 0.5) is 0 Å². The number of nitrogens with one attached hydrogen (secondary N) is 1. The molecule has 94 valence electrons. The number of benzene rings is 2. The summed E-state index contributed by atoms with van der Waals surface area (Å²) in [6.07, 6.45) is 0. The van der Waals surface area contributed by atoms with E-state index in [9.17, 15) is 0 Å². The summed E-state index contributed by atoms with van der Waals surface area (Å²) in [7, 11) is 0. The Hall–Kier alpha value is -0.870. The van der Waals surface area contributed by atoms with E-state index in [4.69, 9.17) is 17.4 Å². The third-order valence-corrected chi connectivity index (χ3v) is 4.21. The minimum absolute atomic E-state index is 0.115. The Bertz CT molecular complexity index is 557. The molecule has 0 fully saturated rings. The molecule has 2 rings (SSSR count). The minimum atomic E-state index is -0.115. The second kappa shape index (κ2) is 5.85. The van der Waals surface area contributed by atoms with E-state index in [0.29, 0.717) is 5.02 Å². The van der Waals surface area contributed by atoms with Crippen molar-refractivity contribution in [2.75, 3.05) is 0 Å². The highest BCUT2D eigenvalue weighted by atomic mass is 79.9. The average Bonchev–Trinajstić information content (AvgIpc) is 2.37. The number of hydrogen-bond acceptors (Lipinski definition) is 2. The van der Waals surface area contributed by atoms with Gasteiger partial charge in [-0.2, -0.15) is 0 Å². The first-order chi connectivity index (χ1) is 8.65. The Kier molecular flexibility index (Phi) is 4.40. The smallest absolute Gasteiger partial charge is 0.0727 e. The molecule has 0 aliphatic carbocycles. The van der Waals surface area contributed by atoms with Crippen molar-refractivity contribution in [3.8, 4) is 0 Å². The molecule has 0 aliphatic heterocycles. The standard InChI is InChI=1S/C14H14BrClN2/c1-9-10(6-4-7-12(9)15)14(18-17)11-5-2-3-8-13(11)16/h2-8,14,18H,17H2,1H3. The lowest BCUT2D eigenvalue weighted by Gasteiger charge is -2.20. The molecule has 4 heteroatoms. The van der Waals surface area contributed by atoms with E-state index < -0.39 is 0 Å². The zero-order chi connectivity index (χ0) is 13.1. The van der Waals surface area contributed by atoms with Crippen LogP contribution in [-0.4, -0.2) is 0 Å². The summed E-state index contributed by atoms with van der Waals surface area (Å²) >= 11 is 9.77. The Labute approximate surface area is 120 Å². The molecule has 0 spiro atoms. The van der Waals surface area contributed by atoms with Crippen molar-refractivity contribution in [2.45, 2.75) is 13.0 Å². The van der Waals surface area contributed by atoms with Crippen molar-refractivity contribution in [1.82, 2.24) is 5.43 Å². The molecule has 0 saturated carbocycles. The Balaban J connectivity index is 2.53. The largest absolute Gasteiger partial charge is 0.271 e. The molecule has 0 saturated heterocycles. The van der Waals surface area contributed by atoms with E-state index in [2.05, 4.69) is 28.3 Å². The summed E-state index contributed by atoms with van der Waals surface area (Å²) in [6, 6.07) is 13.7. The first kappa shape index (κ1) is 13.6. The summed E-state index contributed by atoms with van der Waals surface area (Å²) in [4.78, 5) is 0. The van der Waals surface area contributed by atoms with Gasteiger partial charge in [-0.05, 0) is 35.7 Å². The molecular formula is C14H14BrClN2. The van der Waals surface area contributed by atoms with Crippen molar-refractivity contribution < 1.29 is 0 Å². The predicted molar refractivity (Wildman–Crippen MR) is 79.5 cm³/mol. The quantitative estimate of drug-likeness (QED) is 0.662. The second-order valence-electron chi connectivity index (χ2n) is 4.08. The monoisotopic (exact) mass is 324 g/mol. The van der Waals surface area contributed by atoms with Gasteiger partial charge in [-0.3, -0.25) is 5.84 Å². The van der Waals surface area contributed by atoms with Gasteiger partial charge in [0.1, 0.15) is 0 Å². The third kappa shape index (κ3) is 2.59. The molecule has 0 aliphatic rings. The van der Waals surface area contributed by atoms with Gasteiger partial charge >= 0.3 is 0 Å². The van der Waals surface area contributed by atoms with Crippen LogP contribution >= 0.6 is 27.5 Å². The first-order valence-electron chi connectivity index (χ1n) is 5.60. The van der Waals surface area contributed by atoms with Gasteiger partial charge in [-0.25, -0.2) is 5.43 Å². The van der Waals surface area contributed by atoms with Gasteiger partial charge in [0, 0.05) is 9.50 Å². The van der Waals surface area contributed by atoms with Crippen molar-refractivity contribution in [2.24, 2.45) is 5.84 Å². The first-order valence-corrected chi connectivity index (χ1v) is 6.77. The van der Waals surface area contributed by atoms with Crippen LogP contribution in [-0.2, 0) is 0 Å². The number of rotatable bonds is 3. The van der Waals surface area contributed by atoms with E-state index in [1.54, 1.807) is 0 Å². The average molecular weight is 326 g/mol. The summed E-state index contributed by atoms with van der Waals surface area (Å²) in [5.41, 5.74) is 6.08.